The number of amides is 1. The summed E-state index contributed by atoms with van der Waals surface area (Å²) in [6, 6.07) is 7.69. The van der Waals surface area contributed by atoms with Crippen molar-refractivity contribution < 1.29 is 9.21 Å². The Morgan fingerprint density at radius 3 is 2.92 bits per heavy atom. The number of benzene rings is 1. The number of carbonyl (C=O) groups excluding carboxylic acids is 1. The molecule has 0 atom stereocenters. The third-order valence-electron chi connectivity index (χ3n) is 3.33. The van der Waals surface area contributed by atoms with Crippen molar-refractivity contribution in [1.29, 1.82) is 0 Å². The minimum Gasteiger partial charge on any atom is -0.445 e. The smallest absolute Gasteiger partial charge is 0.230 e. The second-order valence-corrected chi connectivity index (χ2v) is 8.32. The van der Waals surface area contributed by atoms with Gasteiger partial charge in [-0.15, -0.1) is 11.8 Å². The summed E-state index contributed by atoms with van der Waals surface area (Å²) in [5.74, 6) is 2.15. The van der Waals surface area contributed by atoms with Crippen LogP contribution in [0.4, 0.5) is 5.13 Å². The van der Waals surface area contributed by atoms with E-state index in [1.54, 1.807) is 24.2 Å². The summed E-state index contributed by atoms with van der Waals surface area (Å²) in [6.45, 7) is 2.03. The number of thiazole rings is 1. The van der Waals surface area contributed by atoms with Crippen molar-refractivity contribution >= 4 is 50.1 Å². The Labute approximate surface area is 162 Å². The maximum absolute atomic E-state index is 12.2. The molecule has 0 saturated carbocycles. The summed E-state index contributed by atoms with van der Waals surface area (Å²) in [4.78, 5) is 20.7. The largest absolute Gasteiger partial charge is 0.445 e. The Morgan fingerprint density at radius 2 is 2.16 bits per heavy atom. The zero-order chi connectivity index (χ0) is 17.6. The van der Waals surface area contributed by atoms with E-state index in [0.717, 1.165) is 26.4 Å². The van der Waals surface area contributed by atoms with E-state index in [-0.39, 0.29) is 5.91 Å². The summed E-state index contributed by atoms with van der Waals surface area (Å²) in [7, 11) is 0. The van der Waals surface area contributed by atoms with Gasteiger partial charge in [0.1, 0.15) is 5.76 Å². The third kappa shape index (κ3) is 5.17. The van der Waals surface area contributed by atoms with Crippen molar-refractivity contribution in [2.45, 2.75) is 29.7 Å². The Bertz CT molecular complexity index is 863. The van der Waals surface area contributed by atoms with Crippen LogP contribution in [-0.4, -0.2) is 15.9 Å². The lowest BCUT2D eigenvalue weighted by atomic mass is 10.1. The molecule has 0 aliphatic carbocycles. The topological polar surface area (TPSA) is 68.0 Å². The maximum atomic E-state index is 12.2. The summed E-state index contributed by atoms with van der Waals surface area (Å²) in [5, 5.41) is 3.44. The number of rotatable bonds is 7. The number of nitrogens with one attached hydrogen (secondary N) is 1. The molecule has 0 saturated heterocycles. The minimum absolute atomic E-state index is 0.0851. The van der Waals surface area contributed by atoms with E-state index < -0.39 is 0 Å². The lowest BCUT2D eigenvalue weighted by Gasteiger charge is -2.03. The number of aromatic nitrogens is 2. The first-order valence-electron chi connectivity index (χ1n) is 7.69. The fraction of sp³-hybridized carbons (Fsp3) is 0.235. The van der Waals surface area contributed by atoms with Gasteiger partial charge in [0.05, 0.1) is 28.8 Å². The highest BCUT2D eigenvalue weighted by Gasteiger charge is 2.11. The highest BCUT2D eigenvalue weighted by Crippen LogP contribution is 2.30. The molecule has 1 amide bonds. The molecule has 0 unspecified atom stereocenters. The van der Waals surface area contributed by atoms with Crippen LogP contribution in [0.1, 0.15) is 24.1 Å². The molecule has 130 valence electrons. The molecule has 2 heterocycles. The predicted octanol–water partition coefficient (Wildman–Crippen LogP) is 4.93. The summed E-state index contributed by atoms with van der Waals surface area (Å²) < 4.78 is 7.52. The van der Waals surface area contributed by atoms with Crippen LogP contribution in [0.5, 0.6) is 0 Å². The van der Waals surface area contributed by atoms with Crippen LogP contribution in [0.15, 0.2) is 49.8 Å². The quantitative estimate of drug-likeness (QED) is 0.530. The molecule has 0 aliphatic heterocycles. The van der Waals surface area contributed by atoms with Gasteiger partial charge < -0.3 is 9.73 Å². The van der Waals surface area contributed by atoms with Crippen molar-refractivity contribution in [3.8, 4) is 0 Å². The van der Waals surface area contributed by atoms with Gasteiger partial charge in [0.15, 0.2) is 5.13 Å². The lowest BCUT2D eigenvalue weighted by molar-refractivity contribution is -0.115. The average molecular weight is 438 g/mol. The Kier molecular flexibility index (Phi) is 6.28. The van der Waals surface area contributed by atoms with Crippen molar-refractivity contribution in [2.75, 3.05) is 5.32 Å². The third-order valence-corrected chi connectivity index (χ3v) is 6.19. The van der Waals surface area contributed by atoms with E-state index in [2.05, 4.69) is 31.2 Å². The van der Waals surface area contributed by atoms with Crippen LogP contribution in [-0.2, 0) is 23.4 Å². The maximum Gasteiger partial charge on any atom is 0.230 e. The fourth-order valence-corrected chi connectivity index (χ4v) is 4.24. The molecule has 1 N–H and O–H groups in total. The molecular formula is C17H16BrN3O2S2. The normalized spacial score (nSPS) is 10.8. The summed E-state index contributed by atoms with van der Waals surface area (Å²) in [5.41, 5.74) is 0.946. The summed E-state index contributed by atoms with van der Waals surface area (Å²) in [6.07, 6.45) is 4.66. The van der Waals surface area contributed by atoms with Gasteiger partial charge in [-0.3, -0.25) is 4.79 Å². The van der Waals surface area contributed by atoms with E-state index in [9.17, 15) is 4.79 Å². The molecule has 3 aromatic rings. The van der Waals surface area contributed by atoms with Crippen LogP contribution in [0.3, 0.4) is 0 Å². The highest BCUT2D eigenvalue weighted by molar-refractivity contribution is 9.10. The second kappa shape index (κ2) is 8.64. The number of oxazole rings is 1. The predicted molar refractivity (Wildman–Crippen MR) is 104 cm³/mol. The van der Waals surface area contributed by atoms with Crippen LogP contribution < -0.4 is 5.32 Å². The van der Waals surface area contributed by atoms with Gasteiger partial charge >= 0.3 is 0 Å². The van der Waals surface area contributed by atoms with Gasteiger partial charge in [-0.2, -0.15) is 0 Å². The van der Waals surface area contributed by atoms with Gasteiger partial charge in [0, 0.05) is 10.9 Å². The zero-order valence-corrected chi connectivity index (χ0v) is 16.7. The molecule has 0 bridgehead atoms. The van der Waals surface area contributed by atoms with E-state index in [0.29, 0.717) is 23.2 Å². The molecular weight excluding hydrogens is 422 g/mol. The van der Waals surface area contributed by atoms with Crippen LogP contribution in [0.2, 0.25) is 0 Å². The molecule has 0 fully saturated rings. The molecule has 25 heavy (non-hydrogen) atoms. The van der Waals surface area contributed by atoms with Crippen molar-refractivity contribution in [3.05, 3.63) is 58.3 Å². The molecule has 1 aromatic carbocycles. The molecule has 0 spiro atoms. The van der Waals surface area contributed by atoms with E-state index >= 15 is 0 Å². The number of halogens is 1. The number of carbonyl (C=O) groups is 1. The first-order chi connectivity index (χ1) is 12.1. The van der Waals surface area contributed by atoms with E-state index in [1.807, 2.05) is 31.2 Å². The Balaban J connectivity index is 1.52. The van der Waals surface area contributed by atoms with Gasteiger partial charge in [0.25, 0.3) is 0 Å². The number of hydrogen-bond acceptors (Lipinski definition) is 6. The van der Waals surface area contributed by atoms with Crippen molar-refractivity contribution in [3.63, 3.8) is 0 Å². The zero-order valence-electron chi connectivity index (χ0n) is 13.5. The standard InChI is InChI=1S/C17H16BrN3O2S2/c1-2-12-8-19-15(23-12)10-24-16-9-20-17(25-16)21-14(22)7-11-5-3-4-6-13(11)18/h3-6,8-9H,2,7,10H2,1H3,(H,20,21,22). The molecule has 2 aromatic heterocycles. The molecule has 0 aliphatic rings. The van der Waals surface area contributed by atoms with Gasteiger partial charge in [0.2, 0.25) is 11.8 Å². The monoisotopic (exact) mass is 437 g/mol. The Morgan fingerprint density at radius 1 is 1.32 bits per heavy atom. The van der Waals surface area contributed by atoms with Gasteiger partial charge in [-0.25, -0.2) is 9.97 Å². The number of thioether (sulfide) groups is 1. The number of hydrogen-bond donors (Lipinski definition) is 1. The second-order valence-electron chi connectivity index (χ2n) is 5.16. The van der Waals surface area contributed by atoms with Crippen LogP contribution >= 0.6 is 39.0 Å². The van der Waals surface area contributed by atoms with E-state index in [4.69, 9.17) is 4.42 Å². The highest BCUT2D eigenvalue weighted by atomic mass is 79.9. The van der Waals surface area contributed by atoms with E-state index in [1.165, 1.54) is 11.3 Å². The van der Waals surface area contributed by atoms with Crippen molar-refractivity contribution in [2.24, 2.45) is 0 Å². The fourth-order valence-electron chi connectivity index (χ4n) is 2.07. The van der Waals surface area contributed by atoms with Gasteiger partial charge in [-0.1, -0.05) is 52.4 Å². The summed E-state index contributed by atoms with van der Waals surface area (Å²) >= 11 is 6.49. The molecule has 5 nitrogen and oxygen atoms in total. The van der Waals surface area contributed by atoms with Crippen LogP contribution in [0.25, 0.3) is 0 Å². The van der Waals surface area contributed by atoms with Crippen molar-refractivity contribution in [1.82, 2.24) is 9.97 Å². The number of aryl methyl sites for hydroxylation is 1. The lowest BCUT2D eigenvalue weighted by Crippen LogP contribution is -2.14. The molecule has 8 heteroatoms. The number of anilines is 1. The number of nitrogens with zero attached hydrogens (tertiary/aromatic N) is 2. The van der Waals surface area contributed by atoms with Gasteiger partial charge in [-0.05, 0) is 11.6 Å². The SMILES string of the molecule is CCc1cnc(CSc2cnc(NC(=O)Cc3ccccc3Br)s2)o1. The Hall–Kier alpha value is -1.64. The minimum atomic E-state index is -0.0851. The first kappa shape index (κ1) is 18.2. The molecule has 0 radical (unpaired) electrons. The molecule has 3 rings (SSSR count). The first-order valence-corrected chi connectivity index (χ1v) is 10.3. The average Bonchev–Trinajstić information content (AvgIpc) is 3.24. The van der Waals surface area contributed by atoms with Crippen LogP contribution in [0, 0.1) is 0 Å².